The van der Waals surface area contributed by atoms with Crippen LogP contribution in [0.5, 0.6) is 0 Å². The van der Waals surface area contributed by atoms with Crippen molar-refractivity contribution in [3.63, 3.8) is 0 Å². The number of rotatable bonds is 4. The summed E-state index contributed by atoms with van der Waals surface area (Å²) in [7, 11) is 1.59. The molecule has 0 fully saturated rings. The number of carbonyl (C=O) groups is 1. The summed E-state index contributed by atoms with van der Waals surface area (Å²) >= 11 is 7.54. The van der Waals surface area contributed by atoms with Gasteiger partial charge in [0, 0.05) is 23.0 Å². The van der Waals surface area contributed by atoms with E-state index in [0.717, 1.165) is 4.47 Å². The van der Waals surface area contributed by atoms with Gasteiger partial charge in [-0.1, -0.05) is 15.9 Å². The molecular formula is C10H12BrNO2S. The van der Waals surface area contributed by atoms with Crippen molar-refractivity contribution < 1.29 is 9.53 Å². The number of amides is 1. The second-order valence-electron chi connectivity index (χ2n) is 2.91. The number of thiol groups is 1. The molecule has 0 aliphatic heterocycles. The Hall–Kier alpha value is -0.520. The zero-order valence-electron chi connectivity index (χ0n) is 8.29. The highest BCUT2D eigenvalue weighted by Gasteiger charge is 2.08. The summed E-state index contributed by atoms with van der Waals surface area (Å²) in [5.41, 5.74) is 0.567. The van der Waals surface area contributed by atoms with Gasteiger partial charge in [-0.05, 0) is 18.2 Å². The van der Waals surface area contributed by atoms with Crippen LogP contribution in [0.25, 0.3) is 0 Å². The maximum atomic E-state index is 11.6. The minimum Gasteiger partial charge on any atom is -0.383 e. The van der Waals surface area contributed by atoms with Gasteiger partial charge in [0.2, 0.25) is 0 Å². The molecule has 5 heteroatoms. The summed E-state index contributed by atoms with van der Waals surface area (Å²) in [6.07, 6.45) is 0. The largest absolute Gasteiger partial charge is 0.383 e. The molecule has 15 heavy (non-hydrogen) atoms. The Balaban J connectivity index is 2.65. The van der Waals surface area contributed by atoms with Crippen LogP contribution in [0.4, 0.5) is 0 Å². The van der Waals surface area contributed by atoms with Crippen molar-refractivity contribution in [1.82, 2.24) is 5.32 Å². The molecule has 0 saturated carbocycles. The van der Waals surface area contributed by atoms with Crippen LogP contribution in [-0.4, -0.2) is 26.2 Å². The van der Waals surface area contributed by atoms with Crippen LogP contribution in [0.1, 0.15) is 10.4 Å². The van der Waals surface area contributed by atoms with Crippen molar-refractivity contribution in [2.75, 3.05) is 20.3 Å². The monoisotopic (exact) mass is 289 g/mol. The molecule has 82 valence electrons. The Kier molecular flexibility index (Phi) is 5.14. The molecule has 0 saturated heterocycles. The fourth-order valence-corrected chi connectivity index (χ4v) is 1.91. The molecular weight excluding hydrogens is 278 g/mol. The SMILES string of the molecule is COCCNC(=O)c1ccc(Br)cc1S. The summed E-state index contributed by atoms with van der Waals surface area (Å²) in [5.74, 6) is -0.135. The summed E-state index contributed by atoms with van der Waals surface area (Å²) in [6.45, 7) is 1.00. The normalized spacial score (nSPS) is 10.1. The number of methoxy groups -OCH3 is 1. The molecule has 0 aliphatic rings. The van der Waals surface area contributed by atoms with Crippen molar-refractivity contribution in [3.05, 3.63) is 28.2 Å². The highest BCUT2D eigenvalue weighted by atomic mass is 79.9. The van der Waals surface area contributed by atoms with Crippen molar-refractivity contribution in [1.29, 1.82) is 0 Å². The van der Waals surface area contributed by atoms with E-state index < -0.39 is 0 Å². The molecule has 1 aromatic rings. The third-order valence-corrected chi connectivity index (χ3v) is 2.66. The molecule has 1 aromatic carbocycles. The highest BCUT2D eigenvalue weighted by Crippen LogP contribution is 2.19. The van der Waals surface area contributed by atoms with Crippen LogP contribution in [-0.2, 0) is 4.74 Å². The number of nitrogens with one attached hydrogen (secondary N) is 1. The lowest BCUT2D eigenvalue weighted by Crippen LogP contribution is -2.27. The van der Waals surface area contributed by atoms with Gasteiger partial charge < -0.3 is 10.1 Å². The average molecular weight is 290 g/mol. The van der Waals surface area contributed by atoms with Gasteiger partial charge in [-0.2, -0.15) is 0 Å². The molecule has 0 aromatic heterocycles. The van der Waals surface area contributed by atoms with Gasteiger partial charge in [0.15, 0.2) is 0 Å². The van der Waals surface area contributed by atoms with Crippen LogP contribution in [0, 0.1) is 0 Å². The Morgan fingerprint density at radius 1 is 1.60 bits per heavy atom. The van der Waals surface area contributed by atoms with Gasteiger partial charge in [0.05, 0.1) is 12.2 Å². The number of hydrogen-bond acceptors (Lipinski definition) is 3. The zero-order chi connectivity index (χ0) is 11.3. The Bertz CT molecular complexity index is 357. The van der Waals surface area contributed by atoms with Crippen LogP contribution in [0.15, 0.2) is 27.6 Å². The number of ether oxygens (including phenoxy) is 1. The maximum Gasteiger partial charge on any atom is 0.252 e. The number of carbonyl (C=O) groups excluding carboxylic acids is 1. The van der Waals surface area contributed by atoms with E-state index in [-0.39, 0.29) is 5.91 Å². The Labute approximate surface area is 103 Å². The lowest BCUT2D eigenvalue weighted by molar-refractivity contribution is 0.0934. The van der Waals surface area contributed by atoms with E-state index in [1.807, 2.05) is 6.07 Å². The molecule has 0 unspecified atom stereocenters. The predicted octanol–water partition coefficient (Wildman–Crippen LogP) is 2.11. The molecule has 0 spiro atoms. The summed E-state index contributed by atoms with van der Waals surface area (Å²) in [4.78, 5) is 12.3. The third-order valence-electron chi connectivity index (χ3n) is 1.80. The molecule has 1 N–H and O–H groups in total. The van der Waals surface area contributed by atoms with Gasteiger partial charge in [0.25, 0.3) is 5.91 Å². The van der Waals surface area contributed by atoms with Crippen LogP contribution in [0.3, 0.4) is 0 Å². The average Bonchev–Trinajstić information content (AvgIpc) is 2.17. The van der Waals surface area contributed by atoms with Crippen molar-refractivity contribution >= 4 is 34.5 Å². The second kappa shape index (κ2) is 6.15. The quantitative estimate of drug-likeness (QED) is 0.658. The van der Waals surface area contributed by atoms with E-state index in [4.69, 9.17) is 4.74 Å². The maximum absolute atomic E-state index is 11.6. The second-order valence-corrected chi connectivity index (χ2v) is 4.31. The van der Waals surface area contributed by atoms with Crippen molar-refractivity contribution in [3.8, 4) is 0 Å². The molecule has 0 bridgehead atoms. The molecule has 0 atom stereocenters. The van der Waals surface area contributed by atoms with E-state index in [9.17, 15) is 4.79 Å². The topological polar surface area (TPSA) is 38.3 Å². The molecule has 0 radical (unpaired) electrons. The van der Waals surface area contributed by atoms with Gasteiger partial charge in [-0.25, -0.2) is 0 Å². The van der Waals surface area contributed by atoms with E-state index in [1.165, 1.54) is 0 Å². The Morgan fingerprint density at radius 3 is 2.93 bits per heavy atom. The summed E-state index contributed by atoms with van der Waals surface area (Å²) in [6, 6.07) is 5.33. The smallest absolute Gasteiger partial charge is 0.252 e. The number of halogens is 1. The van der Waals surface area contributed by atoms with E-state index in [1.54, 1.807) is 19.2 Å². The van der Waals surface area contributed by atoms with Crippen LogP contribution >= 0.6 is 28.6 Å². The molecule has 0 heterocycles. The third kappa shape index (κ3) is 3.85. The minimum absolute atomic E-state index is 0.135. The van der Waals surface area contributed by atoms with E-state index >= 15 is 0 Å². The van der Waals surface area contributed by atoms with Gasteiger partial charge in [-0.15, -0.1) is 12.6 Å². The lowest BCUT2D eigenvalue weighted by atomic mass is 10.2. The van der Waals surface area contributed by atoms with E-state index in [0.29, 0.717) is 23.6 Å². The molecule has 1 amide bonds. The van der Waals surface area contributed by atoms with Gasteiger partial charge in [-0.3, -0.25) is 4.79 Å². The molecule has 3 nitrogen and oxygen atoms in total. The first-order valence-corrected chi connectivity index (χ1v) is 5.65. The summed E-state index contributed by atoms with van der Waals surface area (Å²) < 4.78 is 5.74. The Morgan fingerprint density at radius 2 is 2.33 bits per heavy atom. The van der Waals surface area contributed by atoms with Gasteiger partial charge >= 0.3 is 0 Å². The van der Waals surface area contributed by atoms with Gasteiger partial charge in [0.1, 0.15) is 0 Å². The number of hydrogen-bond donors (Lipinski definition) is 2. The van der Waals surface area contributed by atoms with Crippen molar-refractivity contribution in [2.24, 2.45) is 0 Å². The van der Waals surface area contributed by atoms with E-state index in [2.05, 4.69) is 33.9 Å². The standard InChI is InChI=1S/C10H12BrNO2S/c1-14-5-4-12-10(13)8-3-2-7(11)6-9(8)15/h2-3,6,15H,4-5H2,1H3,(H,12,13). The fraction of sp³-hybridized carbons (Fsp3) is 0.300. The van der Waals surface area contributed by atoms with Crippen LogP contribution in [0.2, 0.25) is 0 Å². The lowest BCUT2D eigenvalue weighted by Gasteiger charge is -2.06. The van der Waals surface area contributed by atoms with Crippen LogP contribution < -0.4 is 5.32 Å². The summed E-state index contributed by atoms with van der Waals surface area (Å²) in [5, 5.41) is 2.73. The fourth-order valence-electron chi connectivity index (χ4n) is 1.06. The molecule has 1 rings (SSSR count). The predicted molar refractivity (Wildman–Crippen MR) is 65.6 cm³/mol. The molecule has 0 aliphatic carbocycles. The first kappa shape index (κ1) is 12.5. The first-order chi connectivity index (χ1) is 7.15. The first-order valence-electron chi connectivity index (χ1n) is 4.41. The van der Waals surface area contributed by atoms with Crippen molar-refractivity contribution in [2.45, 2.75) is 4.90 Å². The minimum atomic E-state index is -0.135. The number of benzene rings is 1. The highest BCUT2D eigenvalue weighted by molar-refractivity contribution is 9.10. The zero-order valence-corrected chi connectivity index (χ0v) is 10.8.